The Morgan fingerprint density at radius 2 is 1.77 bits per heavy atom. The molecule has 0 unspecified atom stereocenters. The summed E-state index contributed by atoms with van der Waals surface area (Å²) in [5.74, 6) is 1.11. The molecule has 1 atom stereocenters. The lowest BCUT2D eigenvalue weighted by atomic mass is 9.83. The van der Waals surface area contributed by atoms with Crippen LogP contribution in [0.25, 0.3) is 16.7 Å². The van der Waals surface area contributed by atoms with Crippen molar-refractivity contribution in [3.05, 3.63) is 64.7 Å². The Bertz CT molecular complexity index is 1500. The number of aromatic nitrogens is 4. The van der Waals surface area contributed by atoms with Gasteiger partial charge in [0.1, 0.15) is 17.3 Å². The third-order valence-corrected chi connectivity index (χ3v) is 8.15. The Kier molecular flexibility index (Phi) is 7.05. The van der Waals surface area contributed by atoms with Crippen LogP contribution in [-0.2, 0) is 16.5 Å². The number of rotatable bonds is 6. The second-order valence-corrected chi connectivity index (χ2v) is 10.7. The Balaban J connectivity index is 1.62. The number of halogens is 3. The van der Waals surface area contributed by atoms with Gasteiger partial charge in [-0.1, -0.05) is 12.1 Å². The molecule has 1 saturated heterocycles. The molecule has 4 aromatic rings. The highest BCUT2D eigenvalue weighted by Crippen LogP contribution is 2.41. The molecule has 3 aromatic heterocycles. The van der Waals surface area contributed by atoms with Crippen molar-refractivity contribution in [1.29, 1.82) is 0 Å². The number of piperidine rings is 1. The molecule has 7 nitrogen and oxygen atoms in total. The van der Waals surface area contributed by atoms with Crippen LogP contribution < -0.4 is 5.32 Å². The lowest BCUT2D eigenvalue weighted by Crippen LogP contribution is -2.46. The van der Waals surface area contributed by atoms with Gasteiger partial charge in [0.05, 0.1) is 22.6 Å². The molecule has 10 heteroatoms. The maximum absolute atomic E-state index is 13.6. The van der Waals surface area contributed by atoms with Crippen molar-refractivity contribution in [2.24, 2.45) is 0 Å². The van der Waals surface area contributed by atoms with Crippen molar-refractivity contribution in [2.75, 3.05) is 25.5 Å². The van der Waals surface area contributed by atoms with E-state index in [-0.39, 0.29) is 5.56 Å². The molecule has 1 fully saturated rings. The van der Waals surface area contributed by atoms with Gasteiger partial charge in [-0.05, 0) is 70.7 Å². The molecule has 1 N–H and O–H groups in total. The number of ether oxygens (including phenoxy) is 1. The lowest BCUT2D eigenvalue weighted by molar-refractivity contribution is -0.138. The van der Waals surface area contributed by atoms with E-state index < -0.39 is 23.4 Å². The average molecular weight is 541 g/mol. The highest BCUT2D eigenvalue weighted by atomic mass is 19.4. The van der Waals surface area contributed by atoms with Crippen molar-refractivity contribution in [2.45, 2.75) is 71.3 Å². The van der Waals surface area contributed by atoms with Gasteiger partial charge < -0.3 is 15.0 Å². The Morgan fingerprint density at radius 1 is 1.05 bits per heavy atom. The number of benzene rings is 1. The van der Waals surface area contributed by atoms with Gasteiger partial charge in [0.15, 0.2) is 5.65 Å². The Hall–Kier alpha value is -3.24. The summed E-state index contributed by atoms with van der Waals surface area (Å²) in [6.45, 7) is 11.4. The minimum Gasteiger partial charge on any atom is -0.373 e. The summed E-state index contributed by atoms with van der Waals surface area (Å²) in [6, 6.07) is 6.37. The topological polar surface area (TPSA) is 67.6 Å². The lowest BCUT2D eigenvalue weighted by Gasteiger charge is -2.42. The van der Waals surface area contributed by atoms with E-state index >= 15 is 0 Å². The zero-order chi connectivity index (χ0) is 28.1. The number of pyridine rings is 1. The van der Waals surface area contributed by atoms with E-state index in [1.807, 2.05) is 17.5 Å². The van der Waals surface area contributed by atoms with Gasteiger partial charge in [0.2, 0.25) is 0 Å². The number of methoxy groups -OCH3 is 1. The number of likely N-dealkylation sites (tertiary alicyclic amines) is 1. The molecule has 0 spiro atoms. The smallest absolute Gasteiger partial charge is 0.373 e. The SMILES string of the molecule is COC1(c2cc3c(N[C@H](C)c4cccc(C(F)(F)F)c4C)nc(C)nc3n3ccnc23)CCN(C(C)C)CC1. The van der Waals surface area contributed by atoms with Gasteiger partial charge in [-0.15, -0.1) is 0 Å². The molecule has 0 aliphatic carbocycles. The van der Waals surface area contributed by atoms with E-state index in [4.69, 9.17) is 14.7 Å². The minimum atomic E-state index is -4.42. The molecular weight excluding hydrogens is 505 g/mol. The summed E-state index contributed by atoms with van der Waals surface area (Å²) in [6.07, 6.45) is 0.837. The van der Waals surface area contributed by atoms with Crippen LogP contribution in [-0.4, -0.2) is 50.5 Å². The van der Waals surface area contributed by atoms with Crippen LogP contribution in [0.4, 0.5) is 19.0 Å². The summed E-state index contributed by atoms with van der Waals surface area (Å²) in [5.41, 5.74) is 2.03. The third kappa shape index (κ3) is 4.84. The van der Waals surface area contributed by atoms with Crippen LogP contribution in [0.1, 0.15) is 67.7 Å². The fraction of sp³-hybridized carbons (Fsp3) is 0.483. The van der Waals surface area contributed by atoms with Crippen molar-refractivity contribution < 1.29 is 17.9 Å². The van der Waals surface area contributed by atoms with E-state index in [0.717, 1.165) is 48.6 Å². The average Bonchev–Trinajstić information content (AvgIpc) is 3.38. The van der Waals surface area contributed by atoms with Gasteiger partial charge in [0, 0.05) is 44.2 Å². The number of alkyl halides is 3. The van der Waals surface area contributed by atoms with Gasteiger partial charge in [-0.2, -0.15) is 13.2 Å². The zero-order valence-electron chi connectivity index (χ0n) is 23.2. The largest absolute Gasteiger partial charge is 0.416 e. The van der Waals surface area contributed by atoms with Gasteiger partial charge in [-0.25, -0.2) is 15.0 Å². The molecule has 0 saturated carbocycles. The second-order valence-electron chi connectivity index (χ2n) is 10.7. The van der Waals surface area contributed by atoms with Crippen molar-refractivity contribution >= 4 is 22.5 Å². The summed E-state index contributed by atoms with van der Waals surface area (Å²) in [7, 11) is 1.75. The fourth-order valence-corrected chi connectivity index (χ4v) is 5.91. The summed E-state index contributed by atoms with van der Waals surface area (Å²) in [4.78, 5) is 16.6. The molecule has 0 radical (unpaired) electrons. The molecule has 1 aliphatic rings. The first-order chi connectivity index (χ1) is 18.4. The van der Waals surface area contributed by atoms with Crippen LogP contribution >= 0.6 is 0 Å². The van der Waals surface area contributed by atoms with Gasteiger partial charge in [0.25, 0.3) is 0 Å². The van der Waals surface area contributed by atoms with Crippen LogP contribution in [0, 0.1) is 13.8 Å². The van der Waals surface area contributed by atoms with Crippen LogP contribution in [0.15, 0.2) is 36.7 Å². The monoisotopic (exact) mass is 540 g/mol. The summed E-state index contributed by atoms with van der Waals surface area (Å²) < 4.78 is 49.0. The molecule has 4 heterocycles. The molecule has 1 aromatic carbocycles. The van der Waals surface area contributed by atoms with Crippen LogP contribution in [0.3, 0.4) is 0 Å². The molecule has 0 amide bonds. The van der Waals surface area contributed by atoms with Gasteiger partial charge in [-0.3, -0.25) is 4.40 Å². The predicted octanol–water partition coefficient (Wildman–Crippen LogP) is 6.43. The number of hydrogen-bond acceptors (Lipinski definition) is 6. The number of hydrogen-bond donors (Lipinski definition) is 1. The van der Waals surface area contributed by atoms with Crippen molar-refractivity contribution in [3.63, 3.8) is 0 Å². The molecule has 208 valence electrons. The van der Waals surface area contributed by atoms with Crippen molar-refractivity contribution in [1.82, 2.24) is 24.3 Å². The number of imidazole rings is 1. The molecule has 1 aliphatic heterocycles. The molecular formula is C29H35F3N6O. The maximum atomic E-state index is 13.6. The fourth-order valence-electron chi connectivity index (χ4n) is 5.91. The first kappa shape index (κ1) is 27.3. The summed E-state index contributed by atoms with van der Waals surface area (Å²) >= 11 is 0. The van der Waals surface area contributed by atoms with E-state index in [9.17, 15) is 13.2 Å². The Labute approximate surface area is 226 Å². The van der Waals surface area contributed by atoms with Crippen LogP contribution in [0.2, 0.25) is 0 Å². The minimum absolute atomic E-state index is 0.202. The van der Waals surface area contributed by atoms with E-state index in [1.165, 1.54) is 13.0 Å². The maximum Gasteiger partial charge on any atom is 0.416 e. The predicted molar refractivity (Wildman–Crippen MR) is 146 cm³/mol. The van der Waals surface area contributed by atoms with Gasteiger partial charge >= 0.3 is 6.18 Å². The number of fused-ring (bicyclic) bond motifs is 3. The number of anilines is 1. The zero-order valence-corrected chi connectivity index (χ0v) is 23.2. The van der Waals surface area contributed by atoms with Crippen LogP contribution in [0.5, 0.6) is 0 Å². The molecule has 0 bridgehead atoms. The number of aryl methyl sites for hydroxylation is 1. The standard InChI is InChI=1S/C29H35F3N6O/c1-17(2)37-13-10-28(39-6,11-14-37)24-16-22-25(35-20(5)36-26(22)38-15-12-33-27(24)38)34-19(4)21-8-7-9-23(18(21)3)29(30,31)32/h7-9,12,15-17,19H,10-11,13-14H2,1-6H3,(H,34,35,36)/t19-/m1/s1. The third-order valence-electron chi connectivity index (χ3n) is 8.15. The number of nitrogens with zero attached hydrogens (tertiary/aromatic N) is 5. The first-order valence-corrected chi connectivity index (χ1v) is 13.3. The quantitative estimate of drug-likeness (QED) is 0.304. The molecule has 5 rings (SSSR count). The van der Waals surface area contributed by atoms with E-state index in [0.29, 0.717) is 28.9 Å². The van der Waals surface area contributed by atoms with E-state index in [1.54, 1.807) is 26.3 Å². The molecule has 39 heavy (non-hydrogen) atoms. The Morgan fingerprint density at radius 3 is 2.41 bits per heavy atom. The van der Waals surface area contributed by atoms with E-state index in [2.05, 4.69) is 35.1 Å². The highest BCUT2D eigenvalue weighted by Gasteiger charge is 2.39. The first-order valence-electron chi connectivity index (χ1n) is 13.3. The number of nitrogens with one attached hydrogen (secondary N) is 1. The highest BCUT2D eigenvalue weighted by molar-refractivity contribution is 5.90. The normalized spacial score (nSPS) is 17.3. The van der Waals surface area contributed by atoms with Crippen molar-refractivity contribution in [3.8, 4) is 0 Å². The summed E-state index contributed by atoms with van der Waals surface area (Å²) in [5, 5.41) is 4.16. The second kappa shape index (κ2) is 10.1.